The summed E-state index contributed by atoms with van der Waals surface area (Å²) in [5, 5.41) is 2.87. The van der Waals surface area contributed by atoms with Crippen LogP contribution in [0.25, 0.3) is 10.4 Å². The van der Waals surface area contributed by atoms with E-state index in [1.54, 1.807) is 12.1 Å². The summed E-state index contributed by atoms with van der Waals surface area (Å²) in [6.45, 7) is 0. The zero-order valence-electron chi connectivity index (χ0n) is 7.54. The van der Waals surface area contributed by atoms with Gasteiger partial charge >= 0.3 is 0 Å². The lowest BCUT2D eigenvalue weighted by molar-refractivity contribution is 0.112. The molecule has 0 unspecified atom stereocenters. The van der Waals surface area contributed by atoms with Crippen LogP contribution in [0.5, 0.6) is 0 Å². The average Bonchev–Trinajstić information content (AvgIpc) is 2.70. The second-order valence-corrected chi connectivity index (χ2v) is 4.72. The molecule has 15 heavy (non-hydrogen) atoms. The van der Waals surface area contributed by atoms with Gasteiger partial charge in [0.15, 0.2) is 6.29 Å². The maximum atomic E-state index is 10.5. The van der Waals surface area contributed by atoms with E-state index < -0.39 is 0 Å². The van der Waals surface area contributed by atoms with E-state index in [4.69, 9.17) is 23.2 Å². The van der Waals surface area contributed by atoms with E-state index in [1.165, 1.54) is 11.3 Å². The molecule has 2 rings (SSSR count). The van der Waals surface area contributed by atoms with Gasteiger partial charge in [-0.3, -0.25) is 4.79 Å². The van der Waals surface area contributed by atoms with Crippen LogP contribution in [0.1, 0.15) is 10.4 Å². The van der Waals surface area contributed by atoms with Crippen molar-refractivity contribution < 1.29 is 4.79 Å². The van der Waals surface area contributed by atoms with Crippen LogP contribution in [0.15, 0.2) is 29.6 Å². The van der Waals surface area contributed by atoms with Gasteiger partial charge in [0.2, 0.25) is 0 Å². The van der Waals surface area contributed by atoms with E-state index in [0.717, 1.165) is 16.7 Å². The summed E-state index contributed by atoms with van der Waals surface area (Å²) in [4.78, 5) is 11.5. The topological polar surface area (TPSA) is 17.1 Å². The van der Waals surface area contributed by atoms with E-state index in [0.29, 0.717) is 15.6 Å². The standard InChI is InChI=1S/C11H6Cl2OS/c12-9-2-1-8(4-10(9)13)11-3-7(5-14)6-15-11/h1-6H. The Morgan fingerprint density at radius 3 is 2.53 bits per heavy atom. The van der Waals surface area contributed by atoms with E-state index in [1.807, 2.05) is 17.5 Å². The maximum Gasteiger partial charge on any atom is 0.150 e. The summed E-state index contributed by atoms with van der Waals surface area (Å²) in [7, 11) is 0. The average molecular weight is 257 g/mol. The highest BCUT2D eigenvalue weighted by atomic mass is 35.5. The van der Waals surface area contributed by atoms with Gasteiger partial charge in [-0.1, -0.05) is 29.3 Å². The molecule has 0 aliphatic carbocycles. The molecule has 0 N–H and O–H groups in total. The minimum absolute atomic E-state index is 0.523. The molecule has 76 valence electrons. The predicted octanol–water partition coefficient (Wildman–Crippen LogP) is 4.53. The van der Waals surface area contributed by atoms with E-state index in [-0.39, 0.29) is 0 Å². The van der Waals surface area contributed by atoms with Gasteiger partial charge in [-0.05, 0) is 23.8 Å². The third kappa shape index (κ3) is 2.23. The maximum absolute atomic E-state index is 10.5. The lowest BCUT2D eigenvalue weighted by Crippen LogP contribution is -1.74. The largest absolute Gasteiger partial charge is 0.298 e. The molecule has 0 saturated heterocycles. The number of rotatable bonds is 2. The van der Waals surface area contributed by atoms with Gasteiger partial charge in [0, 0.05) is 15.8 Å². The van der Waals surface area contributed by atoms with Gasteiger partial charge in [0.05, 0.1) is 10.0 Å². The highest BCUT2D eigenvalue weighted by Crippen LogP contribution is 2.31. The fourth-order valence-electron chi connectivity index (χ4n) is 1.21. The molecule has 0 bridgehead atoms. The molecule has 0 aliphatic rings. The van der Waals surface area contributed by atoms with Gasteiger partial charge in [0.25, 0.3) is 0 Å². The fraction of sp³-hybridized carbons (Fsp3) is 0. The van der Waals surface area contributed by atoms with Crippen molar-refractivity contribution in [3.63, 3.8) is 0 Å². The fourth-order valence-corrected chi connectivity index (χ4v) is 2.37. The Morgan fingerprint density at radius 2 is 1.93 bits per heavy atom. The van der Waals surface area contributed by atoms with Gasteiger partial charge in [-0.25, -0.2) is 0 Å². The normalized spacial score (nSPS) is 10.3. The number of carbonyl (C=O) groups excluding carboxylic acids is 1. The molecule has 0 fully saturated rings. The Morgan fingerprint density at radius 1 is 1.13 bits per heavy atom. The molecule has 0 saturated carbocycles. The summed E-state index contributed by atoms with van der Waals surface area (Å²) in [6, 6.07) is 7.26. The van der Waals surface area contributed by atoms with Crippen molar-refractivity contribution in [2.45, 2.75) is 0 Å². The second kappa shape index (κ2) is 4.35. The molecule has 4 heteroatoms. The summed E-state index contributed by atoms with van der Waals surface area (Å²) in [6.07, 6.45) is 0.831. The first-order valence-corrected chi connectivity index (χ1v) is 5.83. The second-order valence-electron chi connectivity index (χ2n) is 2.99. The molecule has 0 atom stereocenters. The first kappa shape index (κ1) is 10.7. The number of benzene rings is 1. The summed E-state index contributed by atoms with van der Waals surface area (Å²) < 4.78 is 0. The summed E-state index contributed by atoms with van der Waals surface area (Å²) >= 11 is 13.2. The monoisotopic (exact) mass is 256 g/mol. The Labute approximate surface area is 101 Å². The molecule has 0 amide bonds. The zero-order valence-corrected chi connectivity index (χ0v) is 9.86. The summed E-state index contributed by atoms with van der Waals surface area (Å²) in [5.74, 6) is 0. The van der Waals surface area contributed by atoms with Gasteiger partial charge in [0.1, 0.15) is 0 Å². The molecule has 1 aromatic heterocycles. The number of hydrogen-bond acceptors (Lipinski definition) is 2. The molecular formula is C11H6Cl2OS. The molecular weight excluding hydrogens is 251 g/mol. The number of halogens is 2. The summed E-state index contributed by atoms with van der Waals surface area (Å²) in [5.41, 5.74) is 1.66. The van der Waals surface area contributed by atoms with Gasteiger partial charge < -0.3 is 0 Å². The van der Waals surface area contributed by atoms with Crippen molar-refractivity contribution in [1.82, 2.24) is 0 Å². The SMILES string of the molecule is O=Cc1csc(-c2ccc(Cl)c(Cl)c2)c1. The number of aldehydes is 1. The first-order chi connectivity index (χ1) is 7.20. The van der Waals surface area contributed by atoms with Crippen LogP contribution >= 0.6 is 34.5 Å². The number of hydrogen-bond donors (Lipinski definition) is 0. The van der Waals surface area contributed by atoms with Crippen LogP contribution in [0, 0.1) is 0 Å². The minimum atomic E-state index is 0.523. The Hall–Kier alpha value is -0.830. The van der Waals surface area contributed by atoms with Crippen LogP contribution in [-0.4, -0.2) is 6.29 Å². The highest BCUT2D eigenvalue weighted by molar-refractivity contribution is 7.13. The zero-order chi connectivity index (χ0) is 10.8. The van der Waals surface area contributed by atoms with E-state index >= 15 is 0 Å². The van der Waals surface area contributed by atoms with Crippen LogP contribution in [0.2, 0.25) is 10.0 Å². The molecule has 0 spiro atoms. The van der Waals surface area contributed by atoms with Crippen molar-refractivity contribution in [3.05, 3.63) is 45.3 Å². The quantitative estimate of drug-likeness (QED) is 0.722. The lowest BCUT2D eigenvalue weighted by Gasteiger charge is -1.99. The van der Waals surface area contributed by atoms with Crippen LogP contribution < -0.4 is 0 Å². The number of thiophene rings is 1. The molecule has 2 aromatic rings. The minimum Gasteiger partial charge on any atom is -0.298 e. The molecule has 0 radical (unpaired) electrons. The Kier molecular flexibility index (Phi) is 3.10. The highest BCUT2D eigenvalue weighted by Gasteiger charge is 2.04. The van der Waals surface area contributed by atoms with Crippen molar-refractivity contribution in [2.75, 3.05) is 0 Å². The third-order valence-corrected chi connectivity index (χ3v) is 3.70. The van der Waals surface area contributed by atoms with Crippen LogP contribution in [0.3, 0.4) is 0 Å². The lowest BCUT2D eigenvalue weighted by atomic mass is 10.2. The van der Waals surface area contributed by atoms with Gasteiger partial charge in [-0.15, -0.1) is 11.3 Å². The van der Waals surface area contributed by atoms with Crippen LogP contribution in [0.4, 0.5) is 0 Å². The van der Waals surface area contributed by atoms with Gasteiger partial charge in [-0.2, -0.15) is 0 Å². The first-order valence-electron chi connectivity index (χ1n) is 4.20. The molecule has 1 nitrogen and oxygen atoms in total. The predicted molar refractivity (Wildman–Crippen MR) is 65.2 cm³/mol. The third-order valence-electron chi connectivity index (χ3n) is 1.96. The molecule has 0 aliphatic heterocycles. The Balaban J connectivity index is 2.44. The van der Waals surface area contributed by atoms with Crippen molar-refractivity contribution in [2.24, 2.45) is 0 Å². The van der Waals surface area contributed by atoms with Crippen LogP contribution in [-0.2, 0) is 0 Å². The molecule has 1 aromatic carbocycles. The van der Waals surface area contributed by atoms with Crippen molar-refractivity contribution >= 4 is 40.8 Å². The number of carbonyl (C=O) groups is 1. The van der Waals surface area contributed by atoms with E-state index in [9.17, 15) is 4.79 Å². The smallest absolute Gasteiger partial charge is 0.150 e. The van der Waals surface area contributed by atoms with Crippen molar-refractivity contribution in [3.8, 4) is 10.4 Å². The van der Waals surface area contributed by atoms with Crippen molar-refractivity contribution in [1.29, 1.82) is 0 Å². The molecule has 1 heterocycles. The van der Waals surface area contributed by atoms with E-state index in [2.05, 4.69) is 0 Å². The Bertz CT molecular complexity index is 505.